The lowest BCUT2D eigenvalue weighted by Crippen LogP contribution is -2.47. The molecule has 1 fully saturated rings. The lowest BCUT2D eigenvalue weighted by atomic mass is 10.0. The predicted octanol–water partition coefficient (Wildman–Crippen LogP) is 2.13. The summed E-state index contributed by atoms with van der Waals surface area (Å²) in [6.45, 7) is 4.24. The Kier molecular flexibility index (Phi) is 8.07. The molecule has 2 atom stereocenters. The molecule has 0 spiro atoms. The Hall–Kier alpha value is -3.11. The number of likely N-dealkylation sites (N-methyl/N-ethyl adjacent to an activating group) is 1. The highest BCUT2D eigenvalue weighted by Gasteiger charge is 2.29. The Morgan fingerprint density at radius 2 is 2.06 bits per heavy atom. The first-order valence-electron chi connectivity index (χ1n) is 10.4. The molecule has 2 heterocycles. The van der Waals surface area contributed by atoms with Gasteiger partial charge in [-0.1, -0.05) is 49.0 Å². The molecule has 1 aliphatic heterocycles. The molecule has 0 radical (unpaired) electrons. The summed E-state index contributed by atoms with van der Waals surface area (Å²) in [5.41, 5.74) is 7.80. The van der Waals surface area contributed by atoms with Gasteiger partial charge in [-0.05, 0) is 24.6 Å². The first-order valence-corrected chi connectivity index (χ1v) is 11.3. The van der Waals surface area contributed by atoms with Gasteiger partial charge < -0.3 is 20.7 Å². The van der Waals surface area contributed by atoms with Crippen molar-refractivity contribution in [3.63, 3.8) is 0 Å². The van der Waals surface area contributed by atoms with Crippen molar-refractivity contribution in [2.24, 2.45) is 5.73 Å². The maximum Gasteiger partial charge on any atom is 0.235 e. The molecule has 1 amide bonds. The topological polar surface area (TPSA) is 128 Å². The van der Waals surface area contributed by atoms with Gasteiger partial charge in [0.2, 0.25) is 5.91 Å². The number of pyridine rings is 1. The molecule has 1 aromatic carbocycles. The molecule has 0 bridgehead atoms. The number of ether oxygens (including phenoxy) is 1. The number of carbonyl (C=O) groups is 1. The molecule has 9 heteroatoms. The monoisotopic (exact) mass is 450 g/mol. The summed E-state index contributed by atoms with van der Waals surface area (Å²) in [6, 6.07) is 13.6. The van der Waals surface area contributed by atoms with Crippen molar-refractivity contribution in [2.45, 2.75) is 29.7 Å². The van der Waals surface area contributed by atoms with Crippen molar-refractivity contribution in [1.82, 2.24) is 10.3 Å². The molecular formula is C23H26N6O2S. The van der Waals surface area contributed by atoms with Crippen LogP contribution in [0.3, 0.4) is 0 Å². The van der Waals surface area contributed by atoms with E-state index < -0.39 is 11.2 Å². The minimum Gasteiger partial charge on any atom is -0.373 e. The van der Waals surface area contributed by atoms with Crippen LogP contribution in [0.25, 0.3) is 0 Å². The van der Waals surface area contributed by atoms with E-state index in [2.05, 4.69) is 17.5 Å². The number of primary amides is 1. The molecule has 1 saturated heterocycles. The van der Waals surface area contributed by atoms with Crippen LogP contribution in [0.15, 0.2) is 35.4 Å². The van der Waals surface area contributed by atoms with Crippen LogP contribution < -0.4 is 16.0 Å². The van der Waals surface area contributed by atoms with Crippen LogP contribution in [0.1, 0.15) is 34.4 Å². The Bertz CT molecular complexity index is 1050. The number of nitriles is 2. The molecule has 8 nitrogen and oxygen atoms in total. The maximum atomic E-state index is 12.3. The van der Waals surface area contributed by atoms with Gasteiger partial charge in [-0.2, -0.15) is 10.5 Å². The molecule has 0 aliphatic carbocycles. The van der Waals surface area contributed by atoms with Crippen molar-refractivity contribution >= 4 is 23.5 Å². The molecule has 3 N–H and O–H groups in total. The van der Waals surface area contributed by atoms with Gasteiger partial charge in [-0.25, -0.2) is 4.98 Å². The molecular weight excluding hydrogens is 424 g/mol. The quantitative estimate of drug-likeness (QED) is 0.586. The average Bonchev–Trinajstić information content (AvgIpc) is 2.82. The van der Waals surface area contributed by atoms with E-state index in [1.54, 1.807) is 0 Å². The number of nitrogens with one attached hydrogen (secondary N) is 1. The molecule has 0 saturated carbocycles. The molecule has 1 aliphatic rings. The standard InChI is InChI=1S/C23H26N6O2S/c1-3-17-18(11-24)22(29-9-10-31-16(14-29)13-27-2)28-23(19(17)12-25)32-20(21(26)30)15-7-5-4-6-8-15/h4-8,16,20,27H,3,9-10,13-14H2,1-2H3,(H2,26,30). The number of morpholine rings is 1. The van der Waals surface area contributed by atoms with E-state index in [1.807, 2.05) is 49.2 Å². The fourth-order valence-corrected chi connectivity index (χ4v) is 4.85. The van der Waals surface area contributed by atoms with Crippen LogP contribution in [0, 0.1) is 22.7 Å². The van der Waals surface area contributed by atoms with E-state index in [-0.39, 0.29) is 6.10 Å². The summed E-state index contributed by atoms with van der Waals surface area (Å²) < 4.78 is 5.80. The predicted molar refractivity (Wildman–Crippen MR) is 123 cm³/mol. The molecule has 3 rings (SSSR count). The number of amides is 1. The molecule has 32 heavy (non-hydrogen) atoms. The highest BCUT2D eigenvalue weighted by Crippen LogP contribution is 2.39. The zero-order valence-corrected chi connectivity index (χ0v) is 19.0. The third-order valence-electron chi connectivity index (χ3n) is 5.29. The number of nitrogens with two attached hydrogens (primary N) is 1. The highest BCUT2D eigenvalue weighted by atomic mass is 32.2. The maximum absolute atomic E-state index is 12.3. The number of hydrogen-bond acceptors (Lipinski definition) is 8. The second kappa shape index (κ2) is 11.0. The van der Waals surface area contributed by atoms with Crippen LogP contribution in [0.5, 0.6) is 0 Å². The lowest BCUT2D eigenvalue weighted by molar-refractivity contribution is -0.117. The van der Waals surface area contributed by atoms with Crippen LogP contribution in [0.2, 0.25) is 0 Å². The van der Waals surface area contributed by atoms with E-state index in [4.69, 9.17) is 15.5 Å². The Morgan fingerprint density at radius 1 is 1.34 bits per heavy atom. The smallest absolute Gasteiger partial charge is 0.235 e. The summed E-state index contributed by atoms with van der Waals surface area (Å²) in [7, 11) is 1.86. The first-order chi connectivity index (χ1) is 15.5. The van der Waals surface area contributed by atoms with Crippen LogP contribution in [-0.2, 0) is 16.0 Å². The molecule has 2 aromatic rings. The Balaban J connectivity index is 2.10. The van der Waals surface area contributed by atoms with E-state index >= 15 is 0 Å². The minimum atomic E-state index is -0.706. The number of thioether (sulfide) groups is 1. The van der Waals surface area contributed by atoms with Gasteiger partial charge in [-0.3, -0.25) is 4.79 Å². The highest BCUT2D eigenvalue weighted by molar-refractivity contribution is 8.00. The van der Waals surface area contributed by atoms with Crippen LogP contribution >= 0.6 is 11.8 Å². The summed E-state index contributed by atoms with van der Waals surface area (Å²) in [5.74, 6) is 0.00263. The summed E-state index contributed by atoms with van der Waals surface area (Å²) in [6.07, 6.45) is 0.452. The number of aromatic nitrogens is 1. The number of carbonyl (C=O) groups excluding carboxylic acids is 1. The van der Waals surface area contributed by atoms with Crippen molar-refractivity contribution in [3.8, 4) is 12.1 Å². The second-order valence-electron chi connectivity index (χ2n) is 7.35. The zero-order valence-electron chi connectivity index (χ0n) is 18.2. The fourth-order valence-electron chi connectivity index (χ4n) is 3.79. The number of benzene rings is 1. The summed E-state index contributed by atoms with van der Waals surface area (Å²) in [4.78, 5) is 19.1. The van der Waals surface area contributed by atoms with E-state index in [0.29, 0.717) is 60.2 Å². The van der Waals surface area contributed by atoms with E-state index in [0.717, 1.165) is 17.3 Å². The molecule has 1 aromatic heterocycles. The summed E-state index contributed by atoms with van der Waals surface area (Å²) in [5, 5.41) is 22.7. The van der Waals surface area contributed by atoms with Crippen LogP contribution in [0.4, 0.5) is 5.82 Å². The van der Waals surface area contributed by atoms with E-state index in [1.165, 1.54) is 0 Å². The van der Waals surface area contributed by atoms with Gasteiger partial charge in [-0.15, -0.1) is 0 Å². The summed E-state index contributed by atoms with van der Waals surface area (Å²) >= 11 is 1.15. The van der Waals surface area contributed by atoms with Gasteiger partial charge in [0.25, 0.3) is 0 Å². The number of anilines is 1. The van der Waals surface area contributed by atoms with Crippen molar-refractivity contribution in [3.05, 3.63) is 52.6 Å². The third kappa shape index (κ3) is 5.03. The van der Waals surface area contributed by atoms with Crippen LogP contribution in [-0.4, -0.2) is 50.3 Å². The SMILES string of the molecule is CCc1c(C#N)c(SC(C(N)=O)c2ccccc2)nc(N2CCOC(CNC)C2)c1C#N. The molecule has 2 unspecified atom stereocenters. The normalized spacial score (nSPS) is 16.8. The van der Waals surface area contributed by atoms with Gasteiger partial charge in [0.1, 0.15) is 28.2 Å². The van der Waals surface area contributed by atoms with Gasteiger partial charge in [0.15, 0.2) is 0 Å². The minimum absolute atomic E-state index is 0.0402. The van der Waals surface area contributed by atoms with Gasteiger partial charge in [0, 0.05) is 19.6 Å². The van der Waals surface area contributed by atoms with E-state index in [9.17, 15) is 15.3 Å². The first kappa shape index (κ1) is 23.6. The Labute approximate surface area is 192 Å². The van der Waals surface area contributed by atoms with Gasteiger partial charge >= 0.3 is 0 Å². The van der Waals surface area contributed by atoms with Crippen molar-refractivity contribution < 1.29 is 9.53 Å². The number of nitrogens with zero attached hydrogens (tertiary/aromatic N) is 4. The van der Waals surface area contributed by atoms with Crippen molar-refractivity contribution in [1.29, 1.82) is 10.5 Å². The number of rotatable bonds is 8. The fraction of sp³-hybridized carbons (Fsp3) is 0.391. The Morgan fingerprint density at radius 3 is 2.66 bits per heavy atom. The largest absolute Gasteiger partial charge is 0.373 e. The second-order valence-corrected chi connectivity index (χ2v) is 8.45. The lowest BCUT2D eigenvalue weighted by Gasteiger charge is -2.34. The third-order valence-corrected chi connectivity index (χ3v) is 6.54. The molecule has 166 valence electrons. The van der Waals surface area contributed by atoms with Crippen molar-refractivity contribution in [2.75, 3.05) is 38.2 Å². The zero-order chi connectivity index (χ0) is 23.1. The number of hydrogen-bond donors (Lipinski definition) is 2. The van der Waals surface area contributed by atoms with Gasteiger partial charge in [0.05, 0.1) is 23.8 Å². The average molecular weight is 451 g/mol.